The maximum atomic E-state index is 10.5. The van der Waals surface area contributed by atoms with Gasteiger partial charge in [-0.2, -0.15) is 0 Å². The number of aldehydes is 1. The van der Waals surface area contributed by atoms with Crippen LogP contribution in [0.1, 0.15) is 27.2 Å². The van der Waals surface area contributed by atoms with E-state index in [0.717, 1.165) is 18.3 Å². The van der Waals surface area contributed by atoms with Gasteiger partial charge >= 0.3 is 0 Å². The summed E-state index contributed by atoms with van der Waals surface area (Å²) in [4.78, 5) is 10.5. The minimum absolute atomic E-state index is 0.00454. The highest BCUT2D eigenvalue weighted by atomic mass is 16.1. The molecule has 0 aliphatic carbocycles. The molecule has 0 N–H and O–H groups in total. The van der Waals surface area contributed by atoms with E-state index in [4.69, 9.17) is 0 Å². The third-order valence-corrected chi connectivity index (χ3v) is 1.58. The Morgan fingerprint density at radius 3 is 2.27 bits per heavy atom. The highest BCUT2D eigenvalue weighted by Crippen LogP contribution is 2.11. The van der Waals surface area contributed by atoms with Crippen LogP contribution in [0.4, 0.5) is 0 Å². The highest BCUT2D eigenvalue weighted by molar-refractivity contribution is 5.58. The number of carbonyl (C=O) groups is 1. The predicted molar refractivity (Wildman–Crippen MR) is 48.4 cm³/mol. The monoisotopic (exact) mass is 152 g/mol. The van der Waals surface area contributed by atoms with Gasteiger partial charge in [-0.3, -0.25) is 0 Å². The normalized spacial score (nSPS) is 11.9. The van der Waals surface area contributed by atoms with Gasteiger partial charge in [0.05, 0.1) is 0 Å². The van der Waals surface area contributed by atoms with Gasteiger partial charge in [-0.25, -0.2) is 0 Å². The van der Waals surface area contributed by atoms with Crippen molar-refractivity contribution in [2.24, 2.45) is 5.92 Å². The maximum absolute atomic E-state index is 10.5. The van der Waals surface area contributed by atoms with Crippen LogP contribution in [0, 0.1) is 5.92 Å². The summed E-state index contributed by atoms with van der Waals surface area (Å²) in [5.41, 5.74) is 2.19. The number of rotatable bonds is 4. The lowest BCUT2D eigenvalue weighted by molar-refractivity contribution is -0.110. The Morgan fingerprint density at radius 2 is 2.00 bits per heavy atom. The third kappa shape index (κ3) is 4.54. The summed E-state index contributed by atoms with van der Waals surface area (Å²) in [6, 6.07) is 0. The fraction of sp³-hybridized carbons (Fsp3) is 0.500. The molecule has 0 heterocycles. The van der Waals surface area contributed by atoms with Crippen LogP contribution in [0.3, 0.4) is 0 Å². The quantitative estimate of drug-likeness (QED) is 0.447. The van der Waals surface area contributed by atoms with E-state index >= 15 is 0 Å². The summed E-state index contributed by atoms with van der Waals surface area (Å²) >= 11 is 0. The molecule has 0 radical (unpaired) electrons. The molecule has 1 heteroatoms. The van der Waals surface area contributed by atoms with Crippen LogP contribution in [0.15, 0.2) is 23.8 Å². The molecule has 0 rings (SSSR count). The van der Waals surface area contributed by atoms with Crippen molar-refractivity contribution in [3.8, 4) is 0 Å². The smallest absolute Gasteiger partial charge is 0.127 e. The van der Waals surface area contributed by atoms with Crippen molar-refractivity contribution in [1.29, 1.82) is 0 Å². The van der Waals surface area contributed by atoms with Crippen molar-refractivity contribution in [2.75, 3.05) is 0 Å². The van der Waals surface area contributed by atoms with Crippen LogP contribution in [0.5, 0.6) is 0 Å². The van der Waals surface area contributed by atoms with Gasteiger partial charge in [0.15, 0.2) is 0 Å². The molecule has 0 aromatic heterocycles. The topological polar surface area (TPSA) is 17.1 Å². The average Bonchev–Trinajstić information content (AvgIpc) is 1.87. The van der Waals surface area contributed by atoms with E-state index in [2.05, 4.69) is 12.7 Å². The van der Waals surface area contributed by atoms with E-state index in [1.807, 2.05) is 20.8 Å². The first-order valence-electron chi connectivity index (χ1n) is 3.82. The second-order valence-electron chi connectivity index (χ2n) is 3.11. The summed E-state index contributed by atoms with van der Waals surface area (Å²) < 4.78 is 0. The number of allylic oxidation sites excluding steroid dienone is 3. The second kappa shape index (κ2) is 4.89. The molecular formula is C10H16O. The summed E-state index contributed by atoms with van der Waals surface area (Å²) in [6.45, 7) is 9.69. The molecule has 0 fully saturated rings. The lowest BCUT2D eigenvalue weighted by Gasteiger charge is -2.05. The fourth-order valence-electron chi connectivity index (χ4n) is 0.736. The summed E-state index contributed by atoms with van der Waals surface area (Å²) in [5, 5.41) is 0. The van der Waals surface area contributed by atoms with E-state index in [-0.39, 0.29) is 5.92 Å². The van der Waals surface area contributed by atoms with E-state index < -0.39 is 0 Å². The zero-order chi connectivity index (χ0) is 8.85. The van der Waals surface area contributed by atoms with E-state index in [9.17, 15) is 4.79 Å². The van der Waals surface area contributed by atoms with Gasteiger partial charge in [-0.15, -0.1) is 0 Å². The minimum Gasteiger partial charge on any atom is -0.303 e. The zero-order valence-electron chi connectivity index (χ0n) is 7.55. The predicted octanol–water partition coefficient (Wildman–Crippen LogP) is 2.73. The van der Waals surface area contributed by atoms with Gasteiger partial charge in [0, 0.05) is 5.92 Å². The Morgan fingerprint density at radius 1 is 1.45 bits per heavy atom. The molecule has 1 atom stereocenters. The Balaban J connectivity index is 3.99. The Hall–Kier alpha value is -0.850. The Labute approximate surface area is 68.8 Å². The van der Waals surface area contributed by atoms with Gasteiger partial charge in [0.1, 0.15) is 6.29 Å². The van der Waals surface area contributed by atoms with Crippen LogP contribution in [0.25, 0.3) is 0 Å². The van der Waals surface area contributed by atoms with Crippen molar-refractivity contribution < 1.29 is 4.79 Å². The SMILES string of the molecule is C=C(C)[C@@H](C=O)CC=C(C)C. The van der Waals surface area contributed by atoms with Crippen molar-refractivity contribution in [3.05, 3.63) is 23.8 Å². The molecule has 0 amide bonds. The number of carbonyl (C=O) groups excluding carboxylic acids is 1. The molecule has 0 unspecified atom stereocenters. The molecular weight excluding hydrogens is 136 g/mol. The van der Waals surface area contributed by atoms with Crippen LogP contribution >= 0.6 is 0 Å². The molecule has 0 bridgehead atoms. The van der Waals surface area contributed by atoms with E-state index in [0.29, 0.717) is 0 Å². The third-order valence-electron chi connectivity index (χ3n) is 1.58. The Bertz CT molecular complexity index is 173. The molecule has 11 heavy (non-hydrogen) atoms. The summed E-state index contributed by atoms with van der Waals surface area (Å²) in [7, 11) is 0. The average molecular weight is 152 g/mol. The molecule has 0 aromatic rings. The highest BCUT2D eigenvalue weighted by Gasteiger charge is 2.04. The van der Waals surface area contributed by atoms with Gasteiger partial charge < -0.3 is 4.79 Å². The maximum Gasteiger partial charge on any atom is 0.127 e. The van der Waals surface area contributed by atoms with Gasteiger partial charge in [-0.05, 0) is 27.2 Å². The van der Waals surface area contributed by atoms with Crippen LogP contribution < -0.4 is 0 Å². The van der Waals surface area contributed by atoms with Crippen LogP contribution in [-0.2, 0) is 4.79 Å². The summed E-state index contributed by atoms with van der Waals surface area (Å²) in [5.74, 6) is 0.00454. The van der Waals surface area contributed by atoms with Crippen molar-refractivity contribution in [1.82, 2.24) is 0 Å². The van der Waals surface area contributed by atoms with Gasteiger partial charge in [0.2, 0.25) is 0 Å². The molecule has 0 saturated carbocycles. The molecule has 1 nitrogen and oxygen atoms in total. The standard InChI is InChI=1S/C10H16O/c1-8(2)5-6-10(7-11)9(3)4/h5,7,10H,3,6H2,1-2,4H3/t10-/m1/s1. The molecule has 0 aromatic carbocycles. The van der Waals surface area contributed by atoms with E-state index in [1.54, 1.807) is 0 Å². The molecule has 62 valence electrons. The van der Waals surface area contributed by atoms with Gasteiger partial charge in [-0.1, -0.05) is 23.8 Å². The lowest BCUT2D eigenvalue weighted by Crippen LogP contribution is -2.00. The molecule has 0 saturated heterocycles. The minimum atomic E-state index is 0.00454. The second-order valence-corrected chi connectivity index (χ2v) is 3.11. The molecule has 0 aliphatic heterocycles. The van der Waals surface area contributed by atoms with Gasteiger partial charge in [0.25, 0.3) is 0 Å². The van der Waals surface area contributed by atoms with Crippen LogP contribution in [0.2, 0.25) is 0 Å². The first kappa shape index (κ1) is 10.2. The van der Waals surface area contributed by atoms with Crippen molar-refractivity contribution in [2.45, 2.75) is 27.2 Å². The van der Waals surface area contributed by atoms with Crippen molar-refractivity contribution in [3.63, 3.8) is 0 Å². The lowest BCUT2D eigenvalue weighted by atomic mass is 9.99. The zero-order valence-corrected chi connectivity index (χ0v) is 7.55. The van der Waals surface area contributed by atoms with Crippen LogP contribution in [-0.4, -0.2) is 6.29 Å². The number of hydrogen-bond acceptors (Lipinski definition) is 1. The first-order valence-corrected chi connectivity index (χ1v) is 3.82. The summed E-state index contributed by atoms with van der Waals surface area (Å²) in [6.07, 6.45) is 3.82. The first-order chi connectivity index (χ1) is 5.07. The van der Waals surface area contributed by atoms with Crippen molar-refractivity contribution >= 4 is 6.29 Å². The number of hydrogen-bond donors (Lipinski definition) is 0. The molecule has 0 aliphatic rings. The largest absolute Gasteiger partial charge is 0.303 e. The Kier molecular flexibility index (Phi) is 4.51. The molecule has 0 spiro atoms. The fourth-order valence-corrected chi connectivity index (χ4v) is 0.736. The van der Waals surface area contributed by atoms with E-state index in [1.165, 1.54) is 5.57 Å².